The second-order valence-corrected chi connectivity index (χ2v) is 16.8. The van der Waals surface area contributed by atoms with E-state index >= 15 is 0 Å². The number of furan rings is 1. The van der Waals surface area contributed by atoms with Crippen molar-refractivity contribution in [3.8, 4) is 22.3 Å². The Bertz CT molecular complexity index is 3290. The molecule has 1 aromatic heterocycles. The number of hydrogen-bond donors (Lipinski definition) is 0. The Labute approximate surface area is 326 Å². The highest BCUT2D eigenvalue weighted by molar-refractivity contribution is 6.26. The van der Waals surface area contributed by atoms with Crippen LogP contribution in [0.2, 0.25) is 0 Å². The number of nitrogens with zero attached hydrogens (tertiary/aromatic N) is 1. The van der Waals surface area contributed by atoms with Crippen molar-refractivity contribution in [3.05, 3.63) is 186 Å². The minimum absolute atomic E-state index is 0.110. The molecule has 0 amide bonds. The van der Waals surface area contributed by atoms with Gasteiger partial charge >= 0.3 is 0 Å². The van der Waals surface area contributed by atoms with E-state index in [1.54, 1.807) is 0 Å². The van der Waals surface area contributed by atoms with Crippen LogP contribution in [0.15, 0.2) is 168 Å². The van der Waals surface area contributed by atoms with Crippen molar-refractivity contribution in [2.75, 3.05) is 4.90 Å². The van der Waals surface area contributed by atoms with Gasteiger partial charge in [0.25, 0.3) is 0 Å². The largest absolute Gasteiger partial charge is 0.455 e. The summed E-state index contributed by atoms with van der Waals surface area (Å²) in [5, 5.41) is 9.86. The standard InChI is InChI=1S/C54H39NO/c1-53(2)45-21-12-10-19-41(45)50-46(53)29-28-42-51-48(22-13-23-49(51)56-52(42)50)55(33-25-27-40-39-18-9-11-20-44(39)54(3,4)47(40)31-33)32-24-26-38-36-16-6-5-14-34(36)35-15-7-8-17-37(35)43(38)30-32/h5-31H,1-4H3. The van der Waals surface area contributed by atoms with E-state index in [2.05, 4.69) is 196 Å². The number of rotatable bonds is 3. The molecule has 12 rings (SSSR count). The molecule has 2 heteroatoms. The first-order chi connectivity index (χ1) is 27.3. The van der Waals surface area contributed by atoms with Gasteiger partial charge in [0.2, 0.25) is 0 Å². The van der Waals surface area contributed by atoms with Gasteiger partial charge in [-0.2, -0.15) is 0 Å². The molecule has 56 heavy (non-hydrogen) atoms. The first-order valence-corrected chi connectivity index (χ1v) is 19.8. The van der Waals surface area contributed by atoms with Crippen LogP contribution in [-0.2, 0) is 10.8 Å². The zero-order valence-corrected chi connectivity index (χ0v) is 31.9. The third kappa shape index (κ3) is 4.06. The molecule has 0 unspecified atom stereocenters. The molecule has 0 bridgehead atoms. The third-order valence-corrected chi connectivity index (χ3v) is 13.2. The highest BCUT2D eigenvalue weighted by atomic mass is 16.3. The van der Waals surface area contributed by atoms with Crippen molar-refractivity contribution in [1.82, 2.24) is 0 Å². The molecule has 1 heterocycles. The monoisotopic (exact) mass is 717 g/mol. The van der Waals surface area contributed by atoms with Gasteiger partial charge in [0.15, 0.2) is 0 Å². The van der Waals surface area contributed by atoms with Gasteiger partial charge in [-0.05, 0) is 108 Å². The molecule has 266 valence electrons. The predicted molar refractivity (Wildman–Crippen MR) is 236 cm³/mol. The minimum atomic E-state index is -0.138. The lowest BCUT2D eigenvalue weighted by Gasteiger charge is -2.29. The highest BCUT2D eigenvalue weighted by Gasteiger charge is 2.38. The van der Waals surface area contributed by atoms with Crippen molar-refractivity contribution in [3.63, 3.8) is 0 Å². The molecule has 0 atom stereocenters. The van der Waals surface area contributed by atoms with Crippen LogP contribution in [0.1, 0.15) is 49.9 Å². The lowest BCUT2D eigenvalue weighted by Crippen LogP contribution is -2.16. The van der Waals surface area contributed by atoms with E-state index in [0.717, 1.165) is 39.0 Å². The van der Waals surface area contributed by atoms with Gasteiger partial charge < -0.3 is 9.32 Å². The molecule has 2 aliphatic rings. The number of anilines is 3. The molecule has 9 aromatic carbocycles. The van der Waals surface area contributed by atoms with Gasteiger partial charge in [-0.15, -0.1) is 0 Å². The Balaban J connectivity index is 1.16. The van der Waals surface area contributed by atoms with Crippen molar-refractivity contribution < 1.29 is 4.42 Å². The lowest BCUT2D eigenvalue weighted by molar-refractivity contribution is 0.653. The summed E-state index contributed by atoms with van der Waals surface area (Å²) in [5.41, 5.74) is 15.5. The molecule has 0 radical (unpaired) electrons. The fourth-order valence-electron chi connectivity index (χ4n) is 10.5. The van der Waals surface area contributed by atoms with Crippen LogP contribution in [0.25, 0.3) is 76.5 Å². The molecule has 2 nitrogen and oxygen atoms in total. The second-order valence-electron chi connectivity index (χ2n) is 16.8. The van der Waals surface area contributed by atoms with Crippen molar-refractivity contribution >= 4 is 71.3 Å². The van der Waals surface area contributed by atoms with Crippen LogP contribution in [0.3, 0.4) is 0 Å². The average Bonchev–Trinajstić information content (AvgIpc) is 3.81. The summed E-state index contributed by atoms with van der Waals surface area (Å²) in [6, 6.07) is 60.8. The summed E-state index contributed by atoms with van der Waals surface area (Å²) in [4.78, 5) is 2.48. The van der Waals surface area contributed by atoms with Gasteiger partial charge in [0.1, 0.15) is 11.2 Å². The molecule has 0 saturated carbocycles. The summed E-state index contributed by atoms with van der Waals surface area (Å²) in [7, 11) is 0. The quantitative estimate of drug-likeness (QED) is 0.169. The zero-order valence-electron chi connectivity index (χ0n) is 31.9. The van der Waals surface area contributed by atoms with Crippen LogP contribution >= 0.6 is 0 Å². The van der Waals surface area contributed by atoms with Gasteiger partial charge in [0.05, 0.1) is 11.1 Å². The molecule has 2 aliphatic carbocycles. The van der Waals surface area contributed by atoms with Crippen LogP contribution < -0.4 is 4.90 Å². The zero-order chi connectivity index (χ0) is 37.5. The first kappa shape index (κ1) is 31.7. The van der Waals surface area contributed by atoms with E-state index in [1.165, 1.54) is 76.8 Å². The number of benzene rings is 9. The topological polar surface area (TPSA) is 16.4 Å². The molecule has 0 saturated heterocycles. The third-order valence-electron chi connectivity index (χ3n) is 13.2. The summed E-state index contributed by atoms with van der Waals surface area (Å²) in [6.07, 6.45) is 0. The summed E-state index contributed by atoms with van der Waals surface area (Å²) in [5.74, 6) is 0. The molecule has 0 N–H and O–H groups in total. The van der Waals surface area contributed by atoms with E-state index in [1.807, 2.05) is 0 Å². The van der Waals surface area contributed by atoms with Gasteiger partial charge in [-0.25, -0.2) is 0 Å². The maximum Gasteiger partial charge on any atom is 0.143 e. The Morgan fingerprint density at radius 1 is 0.393 bits per heavy atom. The van der Waals surface area contributed by atoms with E-state index in [0.29, 0.717) is 0 Å². The van der Waals surface area contributed by atoms with Crippen LogP contribution in [0.4, 0.5) is 17.1 Å². The first-order valence-electron chi connectivity index (χ1n) is 19.8. The molecular formula is C54H39NO. The predicted octanol–water partition coefficient (Wildman–Crippen LogP) is 15.1. The molecular weight excluding hydrogens is 679 g/mol. The number of fused-ring (bicyclic) bond motifs is 16. The fraction of sp³-hybridized carbons (Fsp3) is 0.111. The molecule has 10 aromatic rings. The Morgan fingerprint density at radius 2 is 0.929 bits per heavy atom. The van der Waals surface area contributed by atoms with Crippen LogP contribution in [-0.4, -0.2) is 0 Å². The van der Waals surface area contributed by atoms with Gasteiger partial charge in [0, 0.05) is 33.2 Å². The summed E-state index contributed by atoms with van der Waals surface area (Å²) < 4.78 is 7.01. The molecule has 0 spiro atoms. The van der Waals surface area contributed by atoms with E-state index in [9.17, 15) is 0 Å². The molecule has 0 aliphatic heterocycles. The highest BCUT2D eigenvalue weighted by Crippen LogP contribution is 2.55. The Hall–Kier alpha value is -6.64. The van der Waals surface area contributed by atoms with Crippen LogP contribution in [0.5, 0.6) is 0 Å². The summed E-state index contributed by atoms with van der Waals surface area (Å²) >= 11 is 0. The SMILES string of the molecule is CC1(C)c2ccccc2-c2ccc(N(c3ccc4c5ccccc5c5ccccc5c4c3)c3cccc4oc5c6c(ccc5c34)C(C)(C)c3ccccc3-6)cc21. The summed E-state index contributed by atoms with van der Waals surface area (Å²) in [6.45, 7) is 9.39. The maximum absolute atomic E-state index is 7.01. The lowest BCUT2D eigenvalue weighted by atomic mass is 9.82. The normalized spacial score (nSPS) is 14.7. The van der Waals surface area contributed by atoms with Gasteiger partial charge in [-0.1, -0.05) is 155 Å². The van der Waals surface area contributed by atoms with E-state index in [-0.39, 0.29) is 10.8 Å². The van der Waals surface area contributed by atoms with E-state index in [4.69, 9.17) is 4.42 Å². The van der Waals surface area contributed by atoms with Crippen LogP contribution in [0, 0.1) is 0 Å². The van der Waals surface area contributed by atoms with E-state index < -0.39 is 0 Å². The van der Waals surface area contributed by atoms with Crippen molar-refractivity contribution in [2.24, 2.45) is 0 Å². The average molecular weight is 718 g/mol. The fourth-order valence-corrected chi connectivity index (χ4v) is 10.5. The Morgan fingerprint density at radius 3 is 1.66 bits per heavy atom. The Kier molecular flexibility index (Phi) is 6.22. The van der Waals surface area contributed by atoms with Gasteiger partial charge in [-0.3, -0.25) is 0 Å². The second kappa shape index (κ2) is 11.0. The smallest absolute Gasteiger partial charge is 0.143 e. The minimum Gasteiger partial charge on any atom is -0.455 e. The number of hydrogen-bond acceptors (Lipinski definition) is 2. The molecule has 0 fully saturated rings. The maximum atomic E-state index is 7.01. The van der Waals surface area contributed by atoms with Crippen molar-refractivity contribution in [2.45, 2.75) is 38.5 Å². The van der Waals surface area contributed by atoms with Crippen molar-refractivity contribution in [1.29, 1.82) is 0 Å².